The van der Waals surface area contributed by atoms with Gasteiger partial charge in [-0.25, -0.2) is 4.39 Å². The summed E-state index contributed by atoms with van der Waals surface area (Å²) in [6.07, 6.45) is 3.82. The maximum atomic E-state index is 13.6. The smallest absolute Gasteiger partial charge is 0.224 e. The van der Waals surface area contributed by atoms with E-state index in [0.29, 0.717) is 18.6 Å². The molecule has 0 radical (unpaired) electrons. The molecule has 1 aliphatic heterocycles. The van der Waals surface area contributed by atoms with Gasteiger partial charge in [0.2, 0.25) is 11.8 Å². The third-order valence-corrected chi connectivity index (χ3v) is 8.84. The van der Waals surface area contributed by atoms with Gasteiger partial charge in [-0.1, -0.05) is 36.4 Å². The maximum Gasteiger partial charge on any atom is 0.224 e. The number of thiophene rings is 1. The molecule has 38 heavy (non-hydrogen) atoms. The summed E-state index contributed by atoms with van der Waals surface area (Å²) in [7, 11) is 4.23. The van der Waals surface area contributed by atoms with Crippen LogP contribution < -0.4 is 5.32 Å². The van der Waals surface area contributed by atoms with Crippen LogP contribution in [0.15, 0.2) is 72.2 Å². The minimum atomic E-state index is -0.434. The summed E-state index contributed by atoms with van der Waals surface area (Å²) in [6, 6.07) is 18.0. The molecule has 2 N–H and O–H groups in total. The van der Waals surface area contributed by atoms with Gasteiger partial charge in [-0.05, 0) is 67.7 Å². The van der Waals surface area contributed by atoms with E-state index < -0.39 is 6.04 Å². The third-order valence-electron chi connectivity index (χ3n) is 7.78. The van der Waals surface area contributed by atoms with E-state index in [2.05, 4.69) is 46.8 Å². The molecule has 4 aromatic rings. The molecule has 1 fully saturated rings. The molecule has 8 heteroatoms. The van der Waals surface area contributed by atoms with Crippen LogP contribution in [-0.4, -0.2) is 53.8 Å². The molecule has 1 atom stereocenters. The van der Waals surface area contributed by atoms with E-state index in [4.69, 9.17) is 0 Å². The molecular weight excluding hydrogens is 499 g/mol. The van der Waals surface area contributed by atoms with Crippen molar-refractivity contribution in [1.29, 1.82) is 0 Å². The van der Waals surface area contributed by atoms with Crippen molar-refractivity contribution in [1.82, 2.24) is 20.1 Å². The average Bonchev–Trinajstić information content (AvgIpc) is 3.59. The van der Waals surface area contributed by atoms with Gasteiger partial charge in [0.1, 0.15) is 5.82 Å². The number of aromatic amines is 1. The molecule has 2 aromatic carbocycles. The average molecular weight is 533 g/mol. The number of rotatable bonds is 8. The maximum absolute atomic E-state index is 13.6. The highest BCUT2D eigenvalue weighted by atomic mass is 32.1. The Morgan fingerprint density at radius 3 is 2.55 bits per heavy atom. The second-order valence-electron chi connectivity index (χ2n) is 10.2. The minimum absolute atomic E-state index is 0.0419. The van der Waals surface area contributed by atoms with Crippen LogP contribution in [0.25, 0.3) is 10.9 Å². The highest BCUT2D eigenvalue weighted by molar-refractivity contribution is 7.10. The molecule has 5 rings (SSSR count). The Hall–Kier alpha value is -3.49. The fraction of sp³-hybridized carbons (Fsp3) is 0.333. The lowest BCUT2D eigenvalue weighted by molar-refractivity contribution is -0.134. The zero-order valence-electron chi connectivity index (χ0n) is 21.7. The zero-order chi connectivity index (χ0) is 26.7. The summed E-state index contributed by atoms with van der Waals surface area (Å²) in [4.78, 5) is 35.2. The topological polar surface area (TPSA) is 68.4 Å². The Bertz CT molecular complexity index is 1390. The molecule has 0 bridgehead atoms. The molecule has 0 aliphatic carbocycles. The van der Waals surface area contributed by atoms with Crippen LogP contribution >= 0.6 is 11.3 Å². The summed E-state index contributed by atoms with van der Waals surface area (Å²) in [6.45, 7) is 1.35. The molecule has 3 heterocycles. The molecular formula is C30H33FN4O2S. The standard InChI is InChI=1S/C30H33FN4O2S/c1-34(2)30(27-9-6-16-38-27)12-14-35(15-13-30)29(37)19-25(21-7-4-3-5-8-21)33-28(36)17-22-20-32-26-18-23(31)10-11-24(22)26/h3-11,16,18,20,25,32H,12-15,17,19H2,1-2H3,(H,33,36). The Morgan fingerprint density at radius 2 is 1.87 bits per heavy atom. The molecule has 198 valence electrons. The summed E-state index contributed by atoms with van der Waals surface area (Å²) in [5.74, 6) is -0.464. The quantitative estimate of drug-likeness (QED) is 0.326. The van der Waals surface area contributed by atoms with Crippen molar-refractivity contribution in [2.75, 3.05) is 27.2 Å². The van der Waals surface area contributed by atoms with Crippen LogP contribution in [-0.2, 0) is 21.5 Å². The van der Waals surface area contributed by atoms with Gasteiger partial charge in [0, 0.05) is 35.1 Å². The van der Waals surface area contributed by atoms with E-state index in [1.807, 2.05) is 35.2 Å². The van der Waals surface area contributed by atoms with Crippen molar-refractivity contribution in [2.45, 2.75) is 37.3 Å². The summed E-state index contributed by atoms with van der Waals surface area (Å²) >= 11 is 1.77. The number of hydrogen-bond acceptors (Lipinski definition) is 4. The van der Waals surface area contributed by atoms with Crippen LogP contribution in [0.2, 0.25) is 0 Å². The van der Waals surface area contributed by atoms with Gasteiger partial charge in [0.05, 0.1) is 24.4 Å². The number of piperidine rings is 1. The van der Waals surface area contributed by atoms with Crippen LogP contribution in [0.4, 0.5) is 4.39 Å². The highest BCUT2D eigenvalue weighted by Crippen LogP contribution is 2.40. The normalized spacial score (nSPS) is 16.1. The molecule has 2 amide bonds. The first kappa shape index (κ1) is 26.1. The molecule has 2 aromatic heterocycles. The Morgan fingerprint density at radius 1 is 1.11 bits per heavy atom. The van der Waals surface area contributed by atoms with Crippen LogP contribution in [0, 0.1) is 5.82 Å². The first-order valence-corrected chi connectivity index (χ1v) is 13.8. The Balaban J connectivity index is 1.27. The van der Waals surface area contributed by atoms with Gasteiger partial charge >= 0.3 is 0 Å². The molecule has 1 aliphatic rings. The van der Waals surface area contributed by atoms with Gasteiger partial charge in [0.15, 0.2) is 0 Å². The van der Waals surface area contributed by atoms with Gasteiger partial charge in [-0.15, -0.1) is 11.3 Å². The number of halogens is 1. The van der Waals surface area contributed by atoms with Crippen LogP contribution in [0.5, 0.6) is 0 Å². The second-order valence-corrected chi connectivity index (χ2v) is 11.1. The van der Waals surface area contributed by atoms with Crippen molar-refractivity contribution >= 4 is 34.1 Å². The zero-order valence-corrected chi connectivity index (χ0v) is 22.6. The third kappa shape index (κ3) is 5.37. The lowest BCUT2D eigenvalue weighted by Gasteiger charge is -2.46. The number of carbonyl (C=O) groups is 2. The number of aromatic nitrogens is 1. The van der Waals surface area contributed by atoms with Gasteiger partial charge in [0.25, 0.3) is 0 Å². The molecule has 0 saturated carbocycles. The van der Waals surface area contributed by atoms with E-state index in [1.165, 1.54) is 17.0 Å². The predicted molar refractivity (Wildman–Crippen MR) is 149 cm³/mol. The van der Waals surface area contributed by atoms with Gasteiger partial charge in [-0.3, -0.25) is 14.5 Å². The molecule has 1 saturated heterocycles. The number of hydrogen-bond donors (Lipinski definition) is 2. The minimum Gasteiger partial charge on any atom is -0.361 e. The Labute approximate surface area is 226 Å². The fourth-order valence-corrected chi connectivity index (χ4v) is 6.61. The van der Waals surface area contributed by atoms with Crippen molar-refractivity contribution in [2.24, 2.45) is 0 Å². The lowest BCUT2D eigenvalue weighted by Crippen LogP contribution is -2.51. The first-order valence-electron chi connectivity index (χ1n) is 12.9. The van der Waals surface area contributed by atoms with Crippen molar-refractivity contribution in [3.63, 3.8) is 0 Å². The number of benzene rings is 2. The Kier molecular flexibility index (Phi) is 7.63. The fourth-order valence-electron chi connectivity index (χ4n) is 5.55. The predicted octanol–water partition coefficient (Wildman–Crippen LogP) is 5.24. The number of fused-ring (bicyclic) bond motifs is 1. The number of likely N-dealkylation sites (tertiary alicyclic amines) is 1. The molecule has 1 unspecified atom stereocenters. The van der Waals surface area contributed by atoms with E-state index in [1.54, 1.807) is 23.6 Å². The van der Waals surface area contributed by atoms with Crippen molar-refractivity contribution in [3.05, 3.63) is 94.1 Å². The lowest BCUT2D eigenvalue weighted by atomic mass is 9.84. The molecule has 0 spiro atoms. The summed E-state index contributed by atoms with van der Waals surface area (Å²) < 4.78 is 13.6. The second kappa shape index (κ2) is 11.1. The summed E-state index contributed by atoms with van der Waals surface area (Å²) in [5, 5.41) is 6.02. The van der Waals surface area contributed by atoms with E-state index in [9.17, 15) is 14.0 Å². The monoisotopic (exact) mass is 532 g/mol. The van der Waals surface area contributed by atoms with Gasteiger partial charge < -0.3 is 15.2 Å². The van der Waals surface area contributed by atoms with Crippen LogP contribution in [0.1, 0.15) is 41.3 Å². The molecule has 6 nitrogen and oxygen atoms in total. The van der Waals surface area contributed by atoms with E-state index in [0.717, 1.165) is 29.4 Å². The van der Waals surface area contributed by atoms with Crippen molar-refractivity contribution in [3.8, 4) is 0 Å². The SMILES string of the molecule is CN(C)C1(c2cccs2)CCN(C(=O)CC(NC(=O)Cc2c[nH]c3cc(F)ccc23)c2ccccc2)CC1. The van der Waals surface area contributed by atoms with E-state index in [-0.39, 0.29) is 36.0 Å². The summed E-state index contributed by atoms with van der Waals surface area (Å²) in [5.41, 5.74) is 2.29. The highest BCUT2D eigenvalue weighted by Gasteiger charge is 2.40. The largest absolute Gasteiger partial charge is 0.361 e. The number of H-pyrrole nitrogens is 1. The van der Waals surface area contributed by atoms with Gasteiger partial charge in [-0.2, -0.15) is 0 Å². The van der Waals surface area contributed by atoms with E-state index >= 15 is 0 Å². The first-order chi connectivity index (χ1) is 18.4. The van der Waals surface area contributed by atoms with Crippen molar-refractivity contribution < 1.29 is 14.0 Å². The number of nitrogens with zero attached hydrogens (tertiary/aromatic N) is 2. The number of carbonyl (C=O) groups excluding carboxylic acids is 2. The van der Waals surface area contributed by atoms with Crippen LogP contribution in [0.3, 0.4) is 0 Å². The number of amides is 2. The number of nitrogens with one attached hydrogen (secondary N) is 2.